The van der Waals surface area contributed by atoms with Crippen LogP contribution < -0.4 is 0 Å². The molecule has 10 atom stereocenters. The molecule has 0 aromatic heterocycles. The molecule has 1 unspecified atom stereocenters. The first-order valence-electron chi connectivity index (χ1n) is 15.8. The first-order chi connectivity index (χ1) is 18.8. The van der Waals surface area contributed by atoms with Crippen LogP contribution in [0.25, 0.3) is 0 Å². The third-order valence-electron chi connectivity index (χ3n) is 13.9. The van der Waals surface area contributed by atoms with E-state index in [0.29, 0.717) is 6.42 Å². The van der Waals surface area contributed by atoms with Gasteiger partial charge in [0.1, 0.15) is 18.3 Å². The van der Waals surface area contributed by atoms with Gasteiger partial charge in [0.2, 0.25) is 0 Å². The molecule has 1 N–H and O–H groups in total. The predicted molar refractivity (Wildman–Crippen MR) is 152 cm³/mol. The molecule has 41 heavy (non-hydrogen) atoms. The van der Waals surface area contributed by atoms with Crippen molar-refractivity contribution in [2.24, 2.45) is 44.3 Å². The lowest BCUT2D eigenvalue weighted by molar-refractivity contribution is -0.253. The molecule has 6 rings (SSSR count). The van der Waals surface area contributed by atoms with E-state index in [1.807, 2.05) is 0 Å². The van der Waals surface area contributed by atoms with Crippen LogP contribution in [0.3, 0.4) is 0 Å². The quantitative estimate of drug-likeness (QED) is 0.250. The smallest absolute Gasteiger partial charge is 0.313 e. The van der Waals surface area contributed by atoms with Crippen molar-refractivity contribution in [2.75, 3.05) is 0 Å². The third-order valence-corrected chi connectivity index (χ3v) is 13.9. The van der Waals surface area contributed by atoms with Crippen LogP contribution in [-0.2, 0) is 28.6 Å². The van der Waals surface area contributed by atoms with Crippen molar-refractivity contribution in [3.8, 4) is 0 Å². The zero-order chi connectivity index (χ0) is 30.2. The molecule has 4 saturated carbocycles. The maximum atomic E-state index is 13.8. The van der Waals surface area contributed by atoms with Gasteiger partial charge < -0.3 is 19.3 Å². The van der Waals surface area contributed by atoms with Gasteiger partial charge in [-0.1, -0.05) is 60.1 Å². The number of fused-ring (bicyclic) bond motifs is 4. The Kier molecular flexibility index (Phi) is 5.97. The highest BCUT2D eigenvalue weighted by molar-refractivity contribution is 5.82. The fraction of sp³-hybridized carbons (Fsp3) is 0.853. The van der Waals surface area contributed by atoms with Crippen LogP contribution >= 0.6 is 0 Å². The van der Waals surface area contributed by atoms with Crippen molar-refractivity contribution in [1.29, 1.82) is 0 Å². The molecule has 1 spiro atoms. The van der Waals surface area contributed by atoms with Crippen LogP contribution in [0.5, 0.6) is 0 Å². The molecule has 7 nitrogen and oxygen atoms in total. The van der Waals surface area contributed by atoms with Crippen LogP contribution in [0.15, 0.2) is 11.6 Å². The molecular formula is C34H50O7. The molecule has 1 saturated heterocycles. The van der Waals surface area contributed by atoms with E-state index in [4.69, 9.17) is 14.2 Å². The number of aliphatic hydroxyl groups is 1. The number of allylic oxidation sites excluding steroid dienone is 1. The molecule has 1 heterocycles. The highest BCUT2D eigenvalue weighted by Gasteiger charge is 2.82. The van der Waals surface area contributed by atoms with E-state index in [9.17, 15) is 19.5 Å². The zero-order valence-electron chi connectivity index (χ0n) is 26.5. The van der Waals surface area contributed by atoms with Gasteiger partial charge in [0.15, 0.2) is 5.60 Å². The first kappa shape index (κ1) is 29.2. The second-order valence-corrected chi connectivity index (χ2v) is 16.7. The fourth-order valence-electron chi connectivity index (χ4n) is 11.9. The Morgan fingerprint density at radius 1 is 0.878 bits per heavy atom. The standard InChI is InChI=1S/C34H50O7/c1-19(35)39-21-17-30(7)22(29(5,6)26(21)40-20(2)36)10-11-31(8)23(30)16-25(37)34-24-18-28(3,4)12-14-33(24,27(38)41-34)15-13-32(31,34)9/h16,21-22,24-26,37H,10-15,17-18H2,1-9H3/t21-,22?,24-,25+,26+,30+,31-,32+,33+,34-/m1/s1. The fourth-order valence-corrected chi connectivity index (χ4v) is 11.9. The molecule has 6 aliphatic rings. The van der Waals surface area contributed by atoms with Crippen LogP contribution in [0.1, 0.15) is 114 Å². The van der Waals surface area contributed by atoms with Crippen molar-refractivity contribution in [3.63, 3.8) is 0 Å². The maximum Gasteiger partial charge on any atom is 0.313 e. The number of rotatable bonds is 2. The summed E-state index contributed by atoms with van der Waals surface area (Å²) in [6.45, 7) is 18.5. The number of carbonyl (C=O) groups excluding carboxylic acids is 3. The van der Waals surface area contributed by atoms with Gasteiger partial charge >= 0.3 is 17.9 Å². The topological polar surface area (TPSA) is 99.1 Å². The summed E-state index contributed by atoms with van der Waals surface area (Å²) in [5, 5.41) is 12.3. The van der Waals surface area contributed by atoms with Crippen LogP contribution in [0.2, 0.25) is 0 Å². The van der Waals surface area contributed by atoms with Gasteiger partial charge in [-0.05, 0) is 73.5 Å². The number of carbonyl (C=O) groups is 3. The monoisotopic (exact) mass is 570 g/mol. The summed E-state index contributed by atoms with van der Waals surface area (Å²) in [5.41, 5.74) is -1.86. The molecule has 0 amide bonds. The number of ether oxygens (including phenoxy) is 3. The van der Waals surface area contributed by atoms with Crippen LogP contribution in [-0.4, -0.2) is 46.9 Å². The van der Waals surface area contributed by atoms with Gasteiger partial charge in [-0.3, -0.25) is 14.4 Å². The van der Waals surface area contributed by atoms with E-state index in [0.717, 1.165) is 44.9 Å². The molecule has 0 aromatic carbocycles. The molecule has 0 aromatic rings. The Morgan fingerprint density at radius 3 is 2.15 bits per heavy atom. The van der Waals surface area contributed by atoms with Crippen LogP contribution in [0, 0.1) is 44.3 Å². The molecule has 5 aliphatic carbocycles. The zero-order valence-corrected chi connectivity index (χ0v) is 26.5. The van der Waals surface area contributed by atoms with Crippen molar-refractivity contribution < 1.29 is 33.7 Å². The summed E-state index contributed by atoms with van der Waals surface area (Å²) < 4.78 is 18.4. The molecule has 228 valence electrons. The molecular weight excluding hydrogens is 520 g/mol. The summed E-state index contributed by atoms with van der Waals surface area (Å²) in [4.78, 5) is 38.3. The molecule has 7 heteroatoms. The summed E-state index contributed by atoms with van der Waals surface area (Å²) in [5.74, 6) is -0.758. The molecule has 1 aliphatic heterocycles. The normalized spacial score (nSPS) is 50.6. The average molecular weight is 571 g/mol. The van der Waals surface area contributed by atoms with Crippen molar-refractivity contribution in [3.05, 3.63) is 11.6 Å². The number of hydrogen-bond acceptors (Lipinski definition) is 7. The van der Waals surface area contributed by atoms with Gasteiger partial charge in [-0.25, -0.2) is 0 Å². The lowest BCUT2D eigenvalue weighted by Gasteiger charge is -2.71. The summed E-state index contributed by atoms with van der Waals surface area (Å²) in [6, 6.07) is 0. The van der Waals surface area contributed by atoms with E-state index in [2.05, 4.69) is 54.5 Å². The Balaban J connectivity index is 1.51. The lowest BCUT2D eigenvalue weighted by atomic mass is 9.33. The summed E-state index contributed by atoms with van der Waals surface area (Å²) >= 11 is 0. The van der Waals surface area contributed by atoms with Gasteiger partial charge in [0.05, 0.1) is 5.41 Å². The highest BCUT2D eigenvalue weighted by Crippen LogP contribution is 2.79. The van der Waals surface area contributed by atoms with E-state index in [1.165, 1.54) is 19.4 Å². The maximum absolute atomic E-state index is 13.8. The van der Waals surface area contributed by atoms with Gasteiger partial charge in [-0.15, -0.1) is 0 Å². The first-order valence-corrected chi connectivity index (χ1v) is 15.8. The lowest BCUT2D eigenvalue weighted by Crippen LogP contribution is -2.73. The summed E-state index contributed by atoms with van der Waals surface area (Å²) in [6.07, 6.45) is 6.61. The number of esters is 3. The van der Waals surface area contributed by atoms with E-state index in [1.54, 1.807) is 0 Å². The minimum atomic E-state index is -0.957. The minimum Gasteiger partial charge on any atom is -0.459 e. The Bertz CT molecular complexity index is 1230. The van der Waals surface area contributed by atoms with Crippen molar-refractivity contribution >= 4 is 17.9 Å². The van der Waals surface area contributed by atoms with Gasteiger partial charge in [0.25, 0.3) is 0 Å². The Morgan fingerprint density at radius 2 is 1.51 bits per heavy atom. The Hall–Kier alpha value is -1.89. The second kappa shape index (κ2) is 8.39. The van der Waals surface area contributed by atoms with Gasteiger partial charge in [-0.2, -0.15) is 0 Å². The van der Waals surface area contributed by atoms with E-state index >= 15 is 0 Å². The largest absolute Gasteiger partial charge is 0.459 e. The van der Waals surface area contributed by atoms with E-state index < -0.39 is 51.5 Å². The highest BCUT2D eigenvalue weighted by atomic mass is 16.6. The number of aliphatic hydroxyl groups excluding tert-OH is 1. The average Bonchev–Trinajstić information content (AvgIpc) is 3.02. The van der Waals surface area contributed by atoms with Crippen LogP contribution in [0.4, 0.5) is 0 Å². The SMILES string of the molecule is CC(=O)O[C@@H]1C[C@]2(C)C3=C[C@H](O)[C@]45OC(=O)[C@@]6(CCC(C)(C)C[C@H]64)CC[C@@]5(C)[C@]3(C)CCC2C(C)(C)[C@H]1OC(C)=O. The minimum absolute atomic E-state index is 0.0231. The predicted octanol–water partition coefficient (Wildman–Crippen LogP) is 5.91. The van der Waals surface area contributed by atoms with Crippen molar-refractivity contribution in [2.45, 2.75) is 138 Å². The number of hydrogen-bond donors (Lipinski definition) is 1. The molecule has 0 radical (unpaired) electrons. The molecule has 5 fully saturated rings. The van der Waals surface area contributed by atoms with Crippen molar-refractivity contribution in [1.82, 2.24) is 0 Å². The van der Waals surface area contributed by atoms with E-state index in [-0.39, 0.29) is 34.6 Å². The third kappa shape index (κ3) is 3.39. The summed E-state index contributed by atoms with van der Waals surface area (Å²) in [7, 11) is 0. The Labute approximate surface area is 245 Å². The molecule has 2 bridgehead atoms. The second-order valence-electron chi connectivity index (χ2n) is 16.7. The van der Waals surface area contributed by atoms with Gasteiger partial charge in [0, 0.05) is 30.6 Å².